The molecule has 0 unspecified atom stereocenters. The standard InChI is InChI=1S/C10H15NO2/c1-2-3-4-5-6-10-7-9(8-12)11-13-10/h7-8H,2-6H2,1H3. The molecule has 0 bridgehead atoms. The predicted molar refractivity (Wildman–Crippen MR) is 49.7 cm³/mol. The number of aromatic nitrogens is 1. The zero-order valence-corrected chi connectivity index (χ0v) is 7.95. The van der Waals surface area contributed by atoms with E-state index in [0.29, 0.717) is 12.0 Å². The minimum absolute atomic E-state index is 0.394. The maximum absolute atomic E-state index is 10.3. The van der Waals surface area contributed by atoms with Crippen molar-refractivity contribution in [1.82, 2.24) is 5.16 Å². The van der Waals surface area contributed by atoms with Gasteiger partial charge in [0.05, 0.1) is 0 Å². The molecule has 1 aromatic rings. The lowest BCUT2D eigenvalue weighted by Gasteiger charge is -1.94. The van der Waals surface area contributed by atoms with E-state index in [9.17, 15) is 4.79 Å². The number of carbonyl (C=O) groups is 1. The van der Waals surface area contributed by atoms with E-state index in [1.807, 2.05) is 0 Å². The summed E-state index contributed by atoms with van der Waals surface area (Å²) in [5, 5.41) is 3.59. The lowest BCUT2D eigenvalue weighted by molar-refractivity contribution is 0.111. The number of aryl methyl sites for hydroxylation is 1. The maximum Gasteiger partial charge on any atom is 0.171 e. The second-order valence-electron chi connectivity index (χ2n) is 3.15. The van der Waals surface area contributed by atoms with Crippen LogP contribution in [0.2, 0.25) is 0 Å². The SMILES string of the molecule is CCCCCCc1cc(C=O)no1. The van der Waals surface area contributed by atoms with Crippen LogP contribution in [0.15, 0.2) is 10.6 Å². The van der Waals surface area contributed by atoms with E-state index in [1.165, 1.54) is 19.3 Å². The van der Waals surface area contributed by atoms with E-state index < -0.39 is 0 Å². The van der Waals surface area contributed by atoms with Gasteiger partial charge in [-0.05, 0) is 6.42 Å². The molecular formula is C10H15NO2. The summed E-state index contributed by atoms with van der Waals surface area (Å²) in [6.45, 7) is 2.18. The molecule has 1 heterocycles. The molecule has 0 radical (unpaired) electrons. The number of carbonyl (C=O) groups excluding carboxylic acids is 1. The van der Waals surface area contributed by atoms with Crippen molar-refractivity contribution in [2.45, 2.75) is 39.0 Å². The van der Waals surface area contributed by atoms with Crippen molar-refractivity contribution in [3.8, 4) is 0 Å². The highest BCUT2D eigenvalue weighted by atomic mass is 16.5. The molecule has 0 amide bonds. The lowest BCUT2D eigenvalue weighted by Crippen LogP contribution is -1.82. The Balaban J connectivity index is 2.24. The molecule has 0 saturated heterocycles. The molecule has 0 fully saturated rings. The average Bonchev–Trinajstić information content (AvgIpc) is 2.60. The Morgan fingerprint density at radius 2 is 2.31 bits per heavy atom. The quantitative estimate of drug-likeness (QED) is 0.500. The Morgan fingerprint density at radius 1 is 1.46 bits per heavy atom. The van der Waals surface area contributed by atoms with Crippen LogP contribution in [0.4, 0.5) is 0 Å². The fourth-order valence-electron chi connectivity index (χ4n) is 1.23. The summed E-state index contributed by atoms with van der Waals surface area (Å²) in [5.74, 6) is 0.818. The van der Waals surface area contributed by atoms with Crippen LogP contribution in [0.25, 0.3) is 0 Å². The average molecular weight is 181 g/mol. The van der Waals surface area contributed by atoms with Gasteiger partial charge in [0.15, 0.2) is 6.29 Å². The van der Waals surface area contributed by atoms with Gasteiger partial charge < -0.3 is 4.52 Å². The van der Waals surface area contributed by atoms with E-state index in [0.717, 1.165) is 18.6 Å². The number of hydrogen-bond donors (Lipinski definition) is 0. The number of aldehydes is 1. The highest BCUT2D eigenvalue weighted by Gasteiger charge is 2.01. The minimum atomic E-state index is 0.394. The van der Waals surface area contributed by atoms with Gasteiger partial charge in [0, 0.05) is 12.5 Å². The summed E-state index contributed by atoms with van der Waals surface area (Å²) in [5.41, 5.74) is 0.394. The molecule has 1 aromatic heterocycles. The molecule has 3 nitrogen and oxygen atoms in total. The third-order valence-corrected chi connectivity index (χ3v) is 1.97. The number of rotatable bonds is 6. The van der Waals surface area contributed by atoms with E-state index in [-0.39, 0.29) is 0 Å². The van der Waals surface area contributed by atoms with Gasteiger partial charge in [-0.3, -0.25) is 4.79 Å². The summed E-state index contributed by atoms with van der Waals surface area (Å²) >= 11 is 0. The highest BCUT2D eigenvalue weighted by molar-refractivity contribution is 5.71. The second-order valence-corrected chi connectivity index (χ2v) is 3.15. The monoisotopic (exact) mass is 181 g/mol. The molecule has 0 saturated carbocycles. The Morgan fingerprint density at radius 3 is 2.92 bits per heavy atom. The highest BCUT2D eigenvalue weighted by Crippen LogP contribution is 2.08. The normalized spacial score (nSPS) is 10.2. The predicted octanol–water partition coefficient (Wildman–Crippen LogP) is 2.61. The number of hydrogen-bond acceptors (Lipinski definition) is 3. The van der Waals surface area contributed by atoms with Crippen LogP contribution in [0, 0.1) is 0 Å². The Kier molecular flexibility index (Phi) is 4.23. The van der Waals surface area contributed by atoms with Crippen LogP contribution >= 0.6 is 0 Å². The van der Waals surface area contributed by atoms with Gasteiger partial charge in [0.2, 0.25) is 0 Å². The van der Waals surface area contributed by atoms with Crippen molar-refractivity contribution >= 4 is 6.29 Å². The van der Waals surface area contributed by atoms with Crippen LogP contribution < -0.4 is 0 Å². The molecule has 72 valence electrons. The first kappa shape index (κ1) is 9.96. The topological polar surface area (TPSA) is 43.1 Å². The van der Waals surface area contributed by atoms with Gasteiger partial charge in [0.25, 0.3) is 0 Å². The summed E-state index contributed by atoms with van der Waals surface area (Å²) < 4.78 is 4.95. The van der Waals surface area contributed by atoms with E-state index >= 15 is 0 Å². The molecule has 0 aliphatic carbocycles. The van der Waals surface area contributed by atoms with Crippen molar-refractivity contribution in [2.24, 2.45) is 0 Å². The summed E-state index contributed by atoms with van der Waals surface area (Å²) in [4.78, 5) is 10.3. The zero-order valence-electron chi connectivity index (χ0n) is 7.95. The van der Waals surface area contributed by atoms with Crippen molar-refractivity contribution in [1.29, 1.82) is 0 Å². The van der Waals surface area contributed by atoms with Crippen LogP contribution in [-0.4, -0.2) is 11.4 Å². The van der Waals surface area contributed by atoms with Crippen molar-refractivity contribution in [3.05, 3.63) is 17.5 Å². The van der Waals surface area contributed by atoms with Crippen LogP contribution in [0.1, 0.15) is 48.9 Å². The molecule has 0 aliphatic heterocycles. The fraction of sp³-hybridized carbons (Fsp3) is 0.600. The van der Waals surface area contributed by atoms with Gasteiger partial charge >= 0.3 is 0 Å². The van der Waals surface area contributed by atoms with Gasteiger partial charge in [-0.1, -0.05) is 31.3 Å². The minimum Gasteiger partial charge on any atom is -0.361 e. The lowest BCUT2D eigenvalue weighted by atomic mass is 10.1. The summed E-state index contributed by atoms with van der Waals surface area (Å²) in [6.07, 6.45) is 6.42. The first-order chi connectivity index (χ1) is 6.36. The Hall–Kier alpha value is -1.12. The van der Waals surface area contributed by atoms with Gasteiger partial charge in [-0.15, -0.1) is 0 Å². The van der Waals surface area contributed by atoms with E-state index in [4.69, 9.17) is 4.52 Å². The molecule has 1 rings (SSSR count). The van der Waals surface area contributed by atoms with Gasteiger partial charge in [0.1, 0.15) is 11.5 Å². The first-order valence-corrected chi connectivity index (χ1v) is 4.77. The van der Waals surface area contributed by atoms with E-state index in [2.05, 4.69) is 12.1 Å². The van der Waals surface area contributed by atoms with Crippen molar-refractivity contribution < 1.29 is 9.32 Å². The maximum atomic E-state index is 10.3. The number of nitrogens with zero attached hydrogens (tertiary/aromatic N) is 1. The second kappa shape index (κ2) is 5.51. The van der Waals surface area contributed by atoms with Crippen LogP contribution in [-0.2, 0) is 6.42 Å². The molecular weight excluding hydrogens is 166 g/mol. The van der Waals surface area contributed by atoms with E-state index in [1.54, 1.807) is 6.07 Å². The van der Waals surface area contributed by atoms with Crippen LogP contribution in [0.3, 0.4) is 0 Å². The van der Waals surface area contributed by atoms with Gasteiger partial charge in [-0.25, -0.2) is 0 Å². The molecule has 0 spiro atoms. The third-order valence-electron chi connectivity index (χ3n) is 1.97. The zero-order chi connectivity index (χ0) is 9.52. The summed E-state index contributed by atoms with van der Waals surface area (Å²) in [6, 6.07) is 1.71. The largest absolute Gasteiger partial charge is 0.361 e. The molecule has 0 aliphatic rings. The molecule has 13 heavy (non-hydrogen) atoms. The Labute approximate surface area is 78.1 Å². The van der Waals surface area contributed by atoms with Gasteiger partial charge in [-0.2, -0.15) is 0 Å². The fourth-order valence-corrected chi connectivity index (χ4v) is 1.23. The summed E-state index contributed by atoms with van der Waals surface area (Å²) in [7, 11) is 0. The smallest absolute Gasteiger partial charge is 0.171 e. The third kappa shape index (κ3) is 3.40. The Bertz CT molecular complexity index is 255. The van der Waals surface area contributed by atoms with Crippen molar-refractivity contribution in [3.63, 3.8) is 0 Å². The molecule has 0 atom stereocenters. The first-order valence-electron chi connectivity index (χ1n) is 4.77. The van der Waals surface area contributed by atoms with Crippen molar-refractivity contribution in [2.75, 3.05) is 0 Å². The number of unbranched alkanes of at least 4 members (excludes halogenated alkanes) is 3. The molecule has 0 N–H and O–H groups in total. The molecule has 3 heteroatoms. The molecule has 0 aromatic carbocycles. The van der Waals surface area contributed by atoms with Crippen LogP contribution in [0.5, 0.6) is 0 Å².